The zero-order chi connectivity index (χ0) is 13.8. The Balaban J connectivity index is 2.01. The lowest BCUT2D eigenvalue weighted by Gasteiger charge is -2.31. The first-order valence-corrected chi connectivity index (χ1v) is 6.49. The van der Waals surface area contributed by atoms with Gasteiger partial charge in [0.15, 0.2) is 11.6 Å². The molecule has 5 heteroatoms. The van der Waals surface area contributed by atoms with Crippen LogP contribution in [0.4, 0.5) is 8.78 Å². The minimum Gasteiger partial charge on any atom is -0.342 e. The fourth-order valence-electron chi connectivity index (χ4n) is 2.37. The van der Waals surface area contributed by atoms with Crippen molar-refractivity contribution in [3.63, 3.8) is 0 Å². The van der Waals surface area contributed by atoms with E-state index in [1.54, 1.807) is 11.9 Å². The van der Waals surface area contributed by atoms with Crippen LogP contribution >= 0.6 is 0 Å². The van der Waals surface area contributed by atoms with Crippen LogP contribution < -0.4 is 5.32 Å². The quantitative estimate of drug-likeness (QED) is 0.905. The summed E-state index contributed by atoms with van der Waals surface area (Å²) in [6.07, 6.45) is 1.70. The van der Waals surface area contributed by atoms with Crippen LogP contribution in [-0.2, 0) is 11.2 Å². The summed E-state index contributed by atoms with van der Waals surface area (Å²) in [5, 5.41) is 3.23. The molecule has 0 atom stereocenters. The maximum atomic E-state index is 13.5. The first kappa shape index (κ1) is 13.9. The topological polar surface area (TPSA) is 32.3 Å². The smallest absolute Gasteiger partial charge is 0.227 e. The monoisotopic (exact) mass is 268 g/mol. The highest BCUT2D eigenvalue weighted by Gasteiger charge is 2.23. The van der Waals surface area contributed by atoms with Gasteiger partial charge in [-0.3, -0.25) is 4.79 Å². The van der Waals surface area contributed by atoms with Crippen molar-refractivity contribution in [2.45, 2.75) is 25.3 Å². The Morgan fingerprint density at radius 3 is 2.74 bits per heavy atom. The Kier molecular flexibility index (Phi) is 4.47. The van der Waals surface area contributed by atoms with E-state index in [0.717, 1.165) is 32.0 Å². The molecular weight excluding hydrogens is 250 g/mol. The van der Waals surface area contributed by atoms with Gasteiger partial charge in [-0.1, -0.05) is 12.1 Å². The lowest BCUT2D eigenvalue weighted by Crippen LogP contribution is -2.44. The van der Waals surface area contributed by atoms with Gasteiger partial charge < -0.3 is 10.2 Å². The normalized spacial score (nSPS) is 16.4. The number of nitrogens with zero attached hydrogens (tertiary/aromatic N) is 1. The number of hydrogen-bond acceptors (Lipinski definition) is 2. The van der Waals surface area contributed by atoms with Crippen LogP contribution in [0, 0.1) is 11.6 Å². The van der Waals surface area contributed by atoms with Crippen molar-refractivity contribution < 1.29 is 13.6 Å². The molecule has 0 spiro atoms. The SMILES string of the molecule is CN(C(=O)Cc1cccc(F)c1F)C1CCNCC1. The van der Waals surface area contributed by atoms with Gasteiger partial charge in [-0.05, 0) is 32.0 Å². The molecular formula is C14H18F2N2O. The standard InChI is InChI=1S/C14H18F2N2O/c1-18(11-5-7-17-8-6-11)13(19)9-10-3-2-4-12(15)14(10)16/h2-4,11,17H,5-9H2,1H3. The van der Waals surface area contributed by atoms with Gasteiger partial charge in [-0.15, -0.1) is 0 Å². The number of nitrogens with one attached hydrogen (secondary N) is 1. The van der Waals surface area contributed by atoms with Gasteiger partial charge in [0.05, 0.1) is 6.42 Å². The number of rotatable bonds is 3. The molecule has 0 aromatic heterocycles. The lowest BCUT2D eigenvalue weighted by molar-refractivity contribution is -0.131. The minimum atomic E-state index is -0.922. The van der Waals surface area contributed by atoms with Gasteiger partial charge in [0.25, 0.3) is 0 Å². The van der Waals surface area contributed by atoms with Crippen molar-refractivity contribution in [3.8, 4) is 0 Å². The van der Waals surface area contributed by atoms with E-state index < -0.39 is 11.6 Å². The lowest BCUT2D eigenvalue weighted by atomic mass is 10.0. The summed E-state index contributed by atoms with van der Waals surface area (Å²) in [6.45, 7) is 1.77. The fraction of sp³-hybridized carbons (Fsp3) is 0.500. The van der Waals surface area contributed by atoms with Gasteiger partial charge in [-0.25, -0.2) is 8.78 Å². The summed E-state index contributed by atoms with van der Waals surface area (Å²) in [5.41, 5.74) is 0.116. The second kappa shape index (κ2) is 6.10. The average Bonchev–Trinajstić information content (AvgIpc) is 2.44. The molecule has 1 heterocycles. The van der Waals surface area contributed by atoms with E-state index >= 15 is 0 Å². The van der Waals surface area contributed by atoms with E-state index in [9.17, 15) is 13.6 Å². The molecule has 0 unspecified atom stereocenters. The van der Waals surface area contributed by atoms with Crippen LogP contribution in [0.1, 0.15) is 18.4 Å². The summed E-state index contributed by atoms with van der Waals surface area (Å²) in [6, 6.07) is 4.11. The molecule has 1 saturated heterocycles. The number of benzene rings is 1. The van der Waals surface area contributed by atoms with Crippen LogP contribution in [0.25, 0.3) is 0 Å². The molecule has 1 aliphatic rings. The Bertz CT molecular complexity index is 459. The molecule has 1 aliphatic heterocycles. The van der Waals surface area contributed by atoms with Crippen molar-refractivity contribution in [1.29, 1.82) is 0 Å². The summed E-state index contributed by atoms with van der Waals surface area (Å²) >= 11 is 0. The summed E-state index contributed by atoms with van der Waals surface area (Å²) in [4.78, 5) is 13.7. The molecule has 0 aliphatic carbocycles. The van der Waals surface area contributed by atoms with Crippen molar-refractivity contribution >= 4 is 5.91 Å². The highest BCUT2D eigenvalue weighted by atomic mass is 19.2. The number of halogens is 2. The largest absolute Gasteiger partial charge is 0.342 e. The highest BCUT2D eigenvalue weighted by molar-refractivity contribution is 5.78. The Morgan fingerprint density at radius 1 is 1.37 bits per heavy atom. The molecule has 1 amide bonds. The van der Waals surface area contributed by atoms with Crippen LogP contribution in [0.5, 0.6) is 0 Å². The first-order valence-electron chi connectivity index (χ1n) is 6.49. The van der Waals surface area contributed by atoms with Crippen molar-refractivity contribution in [3.05, 3.63) is 35.4 Å². The van der Waals surface area contributed by atoms with Crippen LogP contribution in [-0.4, -0.2) is 37.0 Å². The fourth-order valence-corrected chi connectivity index (χ4v) is 2.37. The zero-order valence-corrected chi connectivity index (χ0v) is 11.0. The predicted molar refractivity (Wildman–Crippen MR) is 68.7 cm³/mol. The van der Waals surface area contributed by atoms with Crippen LogP contribution in [0.2, 0.25) is 0 Å². The molecule has 19 heavy (non-hydrogen) atoms. The van der Waals surface area contributed by atoms with Crippen LogP contribution in [0.15, 0.2) is 18.2 Å². The van der Waals surface area contributed by atoms with E-state index in [2.05, 4.69) is 5.32 Å². The van der Waals surface area contributed by atoms with Gasteiger partial charge >= 0.3 is 0 Å². The molecule has 1 aromatic rings. The second-order valence-electron chi connectivity index (χ2n) is 4.88. The number of carbonyl (C=O) groups excluding carboxylic acids is 1. The molecule has 104 valence electrons. The van der Waals surface area contributed by atoms with E-state index in [1.165, 1.54) is 12.1 Å². The second-order valence-corrected chi connectivity index (χ2v) is 4.88. The Morgan fingerprint density at radius 2 is 2.05 bits per heavy atom. The van der Waals surface area contributed by atoms with Crippen molar-refractivity contribution in [1.82, 2.24) is 10.2 Å². The predicted octanol–water partition coefficient (Wildman–Crippen LogP) is 1.72. The van der Waals surface area contributed by atoms with Gasteiger partial charge in [0.1, 0.15) is 0 Å². The summed E-state index contributed by atoms with van der Waals surface area (Å²) < 4.78 is 26.6. The average molecular weight is 268 g/mol. The van der Waals surface area contributed by atoms with Crippen molar-refractivity contribution in [2.75, 3.05) is 20.1 Å². The highest BCUT2D eigenvalue weighted by Crippen LogP contribution is 2.15. The first-order chi connectivity index (χ1) is 9.09. The van der Waals surface area contributed by atoms with E-state index in [4.69, 9.17) is 0 Å². The summed E-state index contributed by atoms with van der Waals surface area (Å²) in [5.74, 6) is -2.00. The molecule has 0 radical (unpaired) electrons. The summed E-state index contributed by atoms with van der Waals surface area (Å²) in [7, 11) is 1.73. The maximum absolute atomic E-state index is 13.5. The van der Waals surface area contributed by atoms with Gasteiger partial charge in [-0.2, -0.15) is 0 Å². The third-order valence-corrected chi connectivity index (χ3v) is 3.62. The molecule has 3 nitrogen and oxygen atoms in total. The van der Waals surface area contributed by atoms with Gasteiger partial charge in [0, 0.05) is 18.7 Å². The number of likely N-dealkylation sites (N-methyl/N-ethyl adjacent to an activating group) is 1. The molecule has 1 aromatic carbocycles. The van der Waals surface area contributed by atoms with E-state index in [0.29, 0.717) is 0 Å². The molecule has 2 rings (SSSR count). The Labute approximate surface area is 111 Å². The van der Waals surface area contributed by atoms with E-state index in [-0.39, 0.29) is 23.9 Å². The molecule has 0 saturated carbocycles. The molecule has 1 N–H and O–H groups in total. The molecule has 1 fully saturated rings. The number of hydrogen-bond donors (Lipinski definition) is 1. The van der Waals surface area contributed by atoms with Gasteiger partial charge in [0.2, 0.25) is 5.91 Å². The number of piperidine rings is 1. The molecule has 0 bridgehead atoms. The minimum absolute atomic E-state index is 0.0932. The number of amides is 1. The van der Waals surface area contributed by atoms with Crippen molar-refractivity contribution in [2.24, 2.45) is 0 Å². The van der Waals surface area contributed by atoms with E-state index in [1.807, 2.05) is 0 Å². The maximum Gasteiger partial charge on any atom is 0.227 e. The van der Waals surface area contributed by atoms with Crippen LogP contribution in [0.3, 0.4) is 0 Å². The zero-order valence-electron chi connectivity index (χ0n) is 11.0. The third kappa shape index (κ3) is 3.29. The number of carbonyl (C=O) groups is 1. The Hall–Kier alpha value is -1.49. The third-order valence-electron chi connectivity index (χ3n) is 3.62.